The molecule has 1 amide bonds. The van der Waals surface area contributed by atoms with Crippen molar-refractivity contribution in [1.82, 2.24) is 10.2 Å². The third-order valence-corrected chi connectivity index (χ3v) is 4.77. The molecule has 3 nitrogen and oxygen atoms in total. The Balaban J connectivity index is 1.72. The van der Waals surface area contributed by atoms with Crippen LogP contribution in [0, 0.1) is 17.6 Å². The Hall–Kier alpha value is -2.27. The molecular formula is C20H22F2N2O. The van der Waals surface area contributed by atoms with Gasteiger partial charge in [-0.1, -0.05) is 18.2 Å². The summed E-state index contributed by atoms with van der Waals surface area (Å²) in [5, 5.41) is 3.16. The summed E-state index contributed by atoms with van der Waals surface area (Å²) in [6.45, 7) is 2.26. The van der Waals surface area contributed by atoms with Crippen molar-refractivity contribution in [2.75, 3.05) is 26.7 Å². The molecule has 1 aliphatic heterocycles. The SMILES string of the molecule is CNCC1CCN(C(=O)c2ccc(-c3ccc(F)cc3)cc2F)CC1. The van der Waals surface area contributed by atoms with Gasteiger partial charge in [-0.05, 0) is 67.7 Å². The molecule has 2 aromatic carbocycles. The molecule has 0 radical (unpaired) electrons. The molecular weight excluding hydrogens is 322 g/mol. The number of nitrogens with one attached hydrogen (secondary N) is 1. The maximum atomic E-state index is 14.5. The van der Waals surface area contributed by atoms with E-state index in [-0.39, 0.29) is 17.3 Å². The van der Waals surface area contributed by atoms with Crippen LogP contribution in [0.2, 0.25) is 0 Å². The van der Waals surface area contributed by atoms with Crippen molar-refractivity contribution in [1.29, 1.82) is 0 Å². The predicted molar refractivity (Wildman–Crippen MR) is 94.3 cm³/mol. The van der Waals surface area contributed by atoms with E-state index in [1.165, 1.54) is 24.3 Å². The molecule has 0 spiro atoms. The van der Waals surface area contributed by atoms with E-state index in [0.29, 0.717) is 30.1 Å². The molecule has 0 unspecified atom stereocenters. The first kappa shape index (κ1) is 17.5. The molecule has 0 bridgehead atoms. The second kappa shape index (κ2) is 7.74. The van der Waals surface area contributed by atoms with Gasteiger partial charge < -0.3 is 10.2 Å². The molecule has 5 heteroatoms. The fraction of sp³-hybridized carbons (Fsp3) is 0.350. The lowest BCUT2D eigenvalue weighted by atomic mass is 9.96. The Kier molecular flexibility index (Phi) is 5.43. The Morgan fingerprint density at radius 1 is 1.08 bits per heavy atom. The van der Waals surface area contributed by atoms with Gasteiger partial charge in [0, 0.05) is 13.1 Å². The number of carbonyl (C=O) groups excluding carboxylic acids is 1. The highest BCUT2D eigenvalue weighted by Crippen LogP contribution is 2.24. The topological polar surface area (TPSA) is 32.3 Å². The van der Waals surface area contributed by atoms with Gasteiger partial charge in [-0.3, -0.25) is 4.79 Å². The molecule has 25 heavy (non-hydrogen) atoms. The van der Waals surface area contributed by atoms with Gasteiger partial charge in [0.25, 0.3) is 5.91 Å². The lowest BCUT2D eigenvalue weighted by molar-refractivity contribution is 0.0686. The Bertz CT molecular complexity index is 738. The van der Waals surface area contributed by atoms with Gasteiger partial charge in [0.05, 0.1) is 5.56 Å². The van der Waals surface area contributed by atoms with E-state index in [1.54, 1.807) is 23.1 Å². The summed E-state index contributed by atoms with van der Waals surface area (Å²) in [7, 11) is 1.93. The Labute approximate surface area is 146 Å². The Morgan fingerprint density at radius 2 is 1.72 bits per heavy atom. The quantitative estimate of drug-likeness (QED) is 0.917. The fourth-order valence-corrected chi connectivity index (χ4v) is 3.31. The van der Waals surface area contributed by atoms with Crippen LogP contribution in [0.15, 0.2) is 42.5 Å². The van der Waals surface area contributed by atoms with Crippen molar-refractivity contribution in [2.24, 2.45) is 5.92 Å². The number of amides is 1. The highest BCUT2D eigenvalue weighted by atomic mass is 19.1. The van der Waals surface area contributed by atoms with Crippen LogP contribution >= 0.6 is 0 Å². The van der Waals surface area contributed by atoms with Crippen molar-refractivity contribution in [3.05, 3.63) is 59.7 Å². The first-order valence-electron chi connectivity index (χ1n) is 8.58. The van der Waals surface area contributed by atoms with Crippen molar-refractivity contribution in [3.8, 4) is 11.1 Å². The lowest BCUT2D eigenvalue weighted by Gasteiger charge is -2.32. The van der Waals surface area contributed by atoms with Gasteiger partial charge in [-0.2, -0.15) is 0 Å². The molecule has 1 saturated heterocycles. The summed E-state index contributed by atoms with van der Waals surface area (Å²) >= 11 is 0. The van der Waals surface area contributed by atoms with Crippen LogP contribution in [0.5, 0.6) is 0 Å². The molecule has 0 aliphatic carbocycles. The maximum absolute atomic E-state index is 14.5. The van der Waals surface area contributed by atoms with E-state index in [0.717, 1.165) is 19.4 Å². The zero-order valence-corrected chi connectivity index (χ0v) is 14.3. The molecule has 0 atom stereocenters. The van der Waals surface area contributed by atoms with Crippen LogP contribution in [0.3, 0.4) is 0 Å². The number of halogens is 2. The molecule has 3 rings (SSSR count). The minimum atomic E-state index is -0.538. The van der Waals surface area contributed by atoms with Crippen molar-refractivity contribution >= 4 is 5.91 Å². The molecule has 1 heterocycles. The van der Waals surface area contributed by atoms with Crippen LogP contribution in [0.4, 0.5) is 8.78 Å². The second-order valence-electron chi connectivity index (χ2n) is 6.49. The summed E-state index contributed by atoms with van der Waals surface area (Å²) < 4.78 is 27.5. The maximum Gasteiger partial charge on any atom is 0.256 e. The number of nitrogens with zero attached hydrogens (tertiary/aromatic N) is 1. The highest BCUT2D eigenvalue weighted by Gasteiger charge is 2.25. The normalized spacial score (nSPS) is 15.4. The standard InChI is InChI=1S/C20H22F2N2O/c1-23-13-14-8-10-24(11-9-14)20(25)18-7-4-16(12-19(18)22)15-2-5-17(21)6-3-15/h2-7,12,14,23H,8-11,13H2,1H3. The number of piperidine rings is 1. The van der Waals surface area contributed by atoms with Crippen molar-refractivity contribution < 1.29 is 13.6 Å². The first-order chi connectivity index (χ1) is 12.1. The zero-order chi connectivity index (χ0) is 17.8. The largest absolute Gasteiger partial charge is 0.339 e. The molecule has 1 aliphatic rings. The van der Waals surface area contributed by atoms with Crippen LogP contribution < -0.4 is 5.32 Å². The van der Waals surface area contributed by atoms with E-state index in [4.69, 9.17) is 0 Å². The molecule has 1 N–H and O–H groups in total. The second-order valence-corrected chi connectivity index (χ2v) is 6.49. The highest BCUT2D eigenvalue weighted by molar-refractivity contribution is 5.95. The summed E-state index contributed by atoms with van der Waals surface area (Å²) in [5.41, 5.74) is 1.44. The van der Waals surface area contributed by atoms with Crippen LogP contribution in [0.25, 0.3) is 11.1 Å². The number of carbonyl (C=O) groups is 1. The smallest absolute Gasteiger partial charge is 0.256 e. The summed E-state index contributed by atoms with van der Waals surface area (Å²) in [6, 6.07) is 10.4. The number of likely N-dealkylation sites (tertiary alicyclic amines) is 1. The number of rotatable bonds is 4. The number of hydrogen-bond donors (Lipinski definition) is 1. The fourth-order valence-electron chi connectivity index (χ4n) is 3.31. The average Bonchev–Trinajstić information content (AvgIpc) is 2.63. The summed E-state index contributed by atoms with van der Waals surface area (Å²) in [6.07, 6.45) is 1.86. The van der Waals surface area contributed by atoms with Gasteiger partial charge in [-0.15, -0.1) is 0 Å². The summed E-state index contributed by atoms with van der Waals surface area (Å²) in [4.78, 5) is 14.3. The number of hydrogen-bond acceptors (Lipinski definition) is 2. The average molecular weight is 344 g/mol. The van der Waals surface area contributed by atoms with Gasteiger partial charge in [0.1, 0.15) is 11.6 Å². The van der Waals surface area contributed by atoms with E-state index in [9.17, 15) is 13.6 Å². The molecule has 0 saturated carbocycles. The minimum Gasteiger partial charge on any atom is -0.339 e. The zero-order valence-electron chi connectivity index (χ0n) is 14.3. The predicted octanol–water partition coefficient (Wildman–Crippen LogP) is 3.70. The molecule has 1 fully saturated rings. The third kappa shape index (κ3) is 4.04. The van der Waals surface area contributed by atoms with Crippen molar-refractivity contribution in [3.63, 3.8) is 0 Å². The Morgan fingerprint density at radius 3 is 2.32 bits per heavy atom. The van der Waals surface area contributed by atoms with E-state index < -0.39 is 5.82 Å². The van der Waals surface area contributed by atoms with Gasteiger partial charge >= 0.3 is 0 Å². The van der Waals surface area contributed by atoms with Crippen LogP contribution in [0.1, 0.15) is 23.2 Å². The lowest BCUT2D eigenvalue weighted by Crippen LogP contribution is -2.40. The minimum absolute atomic E-state index is 0.0953. The first-order valence-corrected chi connectivity index (χ1v) is 8.58. The van der Waals surface area contributed by atoms with Gasteiger partial charge in [-0.25, -0.2) is 8.78 Å². The molecule has 0 aromatic heterocycles. The molecule has 132 valence electrons. The summed E-state index contributed by atoms with van der Waals surface area (Å²) in [5.74, 6) is -0.562. The van der Waals surface area contributed by atoms with Crippen LogP contribution in [-0.2, 0) is 0 Å². The number of benzene rings is 2. The van der Waals surface area contributed by atoms with E-state index in [1.807, 2.05) is 7.05 Å². The monoisotopic (exact) mass is 344 g/mol. The van der Waals surface area contributed by atoms with Crippen LogP contribution in [-0.4, -0.2) is 37.5 Å². The van der Waals surface area contributed by atoms with Gasteiger partial charge in [0.2, 0.25) is 0 Å². The van der Waals surface area contributed by atoms with Gasteiger partial charge in [0.15, 0.2) is 0 Å². The van der Waals surface area contributed by atoms with E-state index >= 15 is 0 Å². The third-order valence-electron chi connectivity index (χ3n) is 4.77. The van der Waals surface area contributed by atoms with Crippen molar-refractivity contribution in [2.45, 2.75) is 12.8 Å². The molecule has 2 aromatic rings. The van der Waals surface area contributed by atoms with E-state index in [2.05, 4.69) is 5.32 Å².